The molecule has 0 aliphatic rings. The van der Waals surface area contributed by atoms with Gasteiger partial charge in [0.2, 0.25) is 5.91 Å². The molecule has 0 bridgehead atoms. The van der Waals surface area contributed by atoms with Crippen LogP contribution in [-0.2, 0) is 14.6 Å². The van der Waals surface area contributed by atoms with E-state index in [9.17, 15) is 13.2 Å². The highest BCUT2D eigenvalue weighted by Gasteiger charge is 2.14. The quantitative estimate of drug-likeness (QED) is 0.655. The summed E-state index contributed by atoms with van der Waals surface area (Å²) < 4.78 is 22.7. The predicted molar refractivity (Wildman–Crippen MR) is 69.6 cm³/mol. The molecule has 0 saturated carbocycles. The molecule has 102 valence electrons. The normalized spacial score (nSPS) is 13.7. The molecule has 0 aliphatic heterocycles. The molecule has 1 atom stereocenters. The summed E-state index contributed by atoms with van der Waals surface area (Å²) in [4.78, 5) is 11.4. The Morgan fingerprint density at radius 3 is 2.29 bits per heavy atom. The molecule has 0 aromatic carbocycles. The summed E-state index contributed by atoms with van der Waals surface area (Å²) in [6, 6.07) is -0.204. The van der Waals surface area contributed by atoms with Crippen LogP contribution in [0.25, 0.3) is 0 Å². The molecule has 0 heterocycles. The Morgan fingerprint density at radius 1 is 1.24 bits per heavy atom. The molecular formula is C11H24N2O3S. The van der Waals surface area contributed by atoms with Gasteiger partial charge in [-0.15, -0.1) is 0 Å². The Labute approximate surface area is 104 Å². The van der Waals surface area contributed by atoms with Crippen molar-refractivity contribution >= 4 is 15.7 Å². The summed E-state index contributed by atoms with van der Waals surface area (Å²) in [7, 11) is -2.99. The van der Waals surface area contributed by atoms with Gasteiger partial charge in [-0.05, 0) is 12.8 Å². The molecule has 6 heteroatoms. The van der Waals surface area contributed by atoms with E-state index in [4.69, 9.17) is 0 Å². The van der Waals surface area contributed by atoms with Crippen molar-refractivity contribution in [2.45, 2.75) is 33.7 Å². The third-order valence-corrected chi connectivity index (χ3v) is 4.15. The third kappa shape index (κ3) is 9.12. The monoisotopic (exact) mass is 264 g/mol. The first-order valence-corrected chi connectivity index (χ1v) is 7.79. The van der Waals surface area contributed by atoms with Crippen molar-refractivity contribution in [1.82, 2.24) is 10.6 Å². The van der Waals surface area contributed by atoms with Crippen LogP contribution in [0.5, 0.6) is 0 Å². The number of rotatable bonds is 8. The number of carbonyl (C=O) groups excluding carboxylic acids is 1. The lowest BCUT2D eigenvalue weighted by molar-refractivity contribution is -0.120. The van der Waals surface area contributed by atoms with Crippen molar-refractivity contribution in [2.75, 3.05) is 24.6 Å². The Kier molecular flexibility index (Phi) is 7.38. The molecule has 0 spiro atoms. The van der Waals surface area contributed by atoms with Gasteiger partial charge in [0, 0.05) is 18.3 Å². The van der Waals surface area contributed by atoms with Crippen molar-refractivity contribution in [3.8, 4) is 0 Å². The van der Waals surface area contributed by atoms with Gasteiger partial charge < -0.3 is 10.6 Å². The highest BCUT2D eigenvalue weighted by atomic mass is 32.2. The lowest BCUT2D eigenvalue weighted by Gasteiger charge is -2.14. The van der Waals surface area contributed by atoms with E-state index in [1.807, 2.05) is 13.8 Å². The largest absolute Gasteiger partial charge is 0.355 e. The van der Waals surface area contributed by atoms with Crippen LogP contribution in [0.4, 0.5) is 0 Å². The second-order valence-electron chi connectivity index (χ2n) is 4.68. The van der Waals surface area contributed by atoms with Crippen LogP contribution in [0.2, 0.25) is 0 Å². The minimum Gasteiger partial charge on any atom is -0.355 e. The predicted octanol–water partition coefficient (Wildman–Crippen LogP) is 0.171. The highest BCUT2D eigenvalue weighted by molar-refractivity contribution is 7.91. The Bertz CT molecular complexity index is 326. The lowest BCUT2D eigenvalue weighted by Crippen LogP contribution is -2.41. The molecule has 0 aliphatic carbocycles. The summed E-state index contributed by atoms with van der Waals surface area (Å²) >= 11 is 0. The van der Waals surface area contributed by atoms with Gasteiger partial charge in [-0.1, -0.05) is 20.8 Å². The van der Waals surface area contributed by atoms with Crippen LogP contribution < -0.4 is 10.6 Å². The second-order valence-corrected chi connectivity index (χ2v) is 7.08. The van der Waals surface area contributed by atoms with Gasteiger partial charge >= 0.3 is 0 Å². The molecule has 0 saturated heterocycles. The minimum absolute atomic E-state index is 0.0704. The van der Waals surface area contributed by atoms with E-state index >= 15 is 0 Å². The third-order valence-electron chi connectivity index (χ3n) is 2.26. The van der Waals surface area contributed by atoms with Gasteiger partial charge in [0.05, 0.1) is 12.3 Å². The molecule has 5 nitrogen and oxygen atoms in total. The molecule has 17 heavy (non-hydrogen) atoms. The van der Waals surface area contributed by atoms with E-state index in [0.29, 0.717) is 12.5 Å². The van der Waals surface area contributed by atoms with E-state index in [1.54, 1.807) is 13.8 Å². The van der Waals surface area contributed by atoms with E-state index in [2.05, 4.69) is 10.6 Å². The fourth-order valence-corrected chi connectivity index (χ4v) is 2.32. The number of hydrogen-bond donors (Lipinski definition) is 2. The smallest absolute Gasteiger partial charge is 0.233 e. The van der Waals surface area contributed by atoms with Crippen LogP contribution in [0, 0.1) is 5.92 Å². The standard InChI is InChI=1S/C11H24N2O3S/c1-5-17(15,16)8-10(4)12-7-11(14)13-6-9(2)3/h9-10,12H,5-8H2,1-4H3,(H,13,14). The van der Waals surface area contributed by atoms with E-state index in [-0.39, 0.29) is 30.0 Å². The summed E-state index contributed by atoms with van der Waals surface area (Å²) in [5.41, 5.74) is 0. The molecule has 1 unspecified atom stereocenters. The van der Waals surface area contributed by atoms with Gasteiger partial charge in [0.15, 0.2) is 9.84 Å². The van der Waals surface area contributed by atoms with E-state index in [0.717, 1.165) is 0 Å². The van der Waals surface area contributed by atoms with Crippen molar-refractivity contribution in [2.24, 2.45) is 5.92 Å². The first-order chi connectivity index (χ1) is 7.76. The van der Waals surface area contributed by atoms with Gasteiger partial charge in [0.25, 0.3) is 0 Å². The van der Waals surface area contributed by atoms with Crippen LogP contribution in [-0.4, -0.2) is 45.0 Å². The van der Waals surface area contributed by atoms with Gasteiger partial charge in [-0.3, -0.25) is 4.79 Å². The average molecular weight is 264 g/mol. The van der Waals surface area contributed by atoms with Crippen LogP contribution in [0.15, 0.2) is 0 Å². The summed E-state index contributed by atoms with van der Waals surface area (Å²) in [6.45, 7) is 8.23. The Hall–Kier alpha value is -0.620. The molecule has 2 N–H and O–H groups in total. The number of amides is 1. The van der Waals surface area contributed by atoms with E-state index < -0.39 is 9.84 Å². The van der Waals surface area contributed by atoms with Crippen LogP contribution >= 0.6 is 0 Å². The molecular weight excluding hydrogens is 240 g/mol. The SMILES string of the molecule is CCS(=O)(=O)CC(C)NCC(=O)NCC(C)C. The molecule has 0 aromatic heterocycles. The van der Waals surface area contributed by atoms with Crippen molar-refractivity contribution < 1.29 is 13.2 Å². The van der Waals surface area contributed by atoms with Crippen LogP contribution in [0.3, 0.4) is 0 Å². The molecule has 0 aromatic rings. The van der Waals surface area contributed by atoms with Crippen molar-refractivity contribution in [3.05, 3.63) is 0 Å². The topological polar surface area (TPSA) is 75.3 Å². The first kappa shape index (κ1) is 16.4. The number of carbonyl (C=O) groups is 1. The minimum atomic E-state index is -2.99. The highest BCUT2D eigenvalue weighted by Crippen LogP contribution is 1.94. The molecule has 1 amide bonds. The van der Waals surface area contributed by atoms with Gasteiger partial charge in [0.1, 0.15) is 0 Å². The number of nitrogens with one attached hydrogen (secondary N) is 2. The zero-order valence-electron chi connectivity index (χ0n) is 11.1. The number of hydrogen-bond acceptors (Lipinski definition) is 4. The molecule has 0 fully saturated rings. The average Bonchev–Trinajstić information content (AvgIpc) is 2.23. The summed E-state index contributed by atoms with van der Waals surface area (Å²) in [5, 5.41) is 5.67. The van der Waals surface area contributed by atoms with Gasteiger partial charge in [-0.2, -0.15) is 0 Å². The molecule has 0 radical (unpaired) electrons. The Balaban J connectivity index is 3.84. The summed E-state index contributed by atoms with van der Waals surface area (Å²) in [5.74, 6) is 0.524. The van der Waals surface area contributed by atoms with Gasteiger partial charge in [-0.25, -0.2) is 8.42 Å². The van der Waals surface area contributed by atoms with Crippen molar-refractivity contribution in [1.29, 1.82) is 0 Å². The molecule has 0 rings (SSSR count). The maximum absolute atomic E-state index is 11.4. The van der Waals surface area contributed by atoms with Crippen LogP contribution in [0.1, 0.15) is 27.7 Å². The maximum atomic E-state index is 11.4. The second kappa shape index (κ2) is 7.66. The Morgan fingerprint density at radius 2 is 1.82 bits per heavy atom. The number of sulfone groups is 1. The fourth-order valence-electron chi connectivity index (χ4n) is 1.21. The zero-order valence-corrected chi connectivity index (χ0v) is 11.9. The summed E-state index contributed by atoms with van der Waals surface area (Å²) in [6.07, 6.45) is 0. The van der Waals surface area contributed by atoms with Crippen molar-refractivity contribution in [3.63, 3.8) is 0 Å². The fraction of sp³-hybridized carbons (Fsp3) is 0.909. The zero-order chi connectivity index (χ0) is 13.5. The van der Waals surface area contributed by atoms with E-state index in [1.165, 1.54) is 0 Å². The lowest BCUT2D eigenvalue weighted by atomic mass is 10.2. The maximum Gasteiger partial charge on any atom is 0.233 e. The first-order valence-electron chi connectivity index (χ1n) is 5.97.